The summed E-state index contributed by atoms with van der Waals surface area (Å²) in [5.41, 5.74) is 13.0. The average molecular weight is 673 g/mol. The molecule has 0 saturated heterocycles. The van der Waals surface area contributed by atoms with Gasteiger partial charge in [-0.1, -0.05) is 172 Å². The molecule has 0 saturated carbocycles. The summed E-state index contributed by atoms with van der Waals surface area (Å²) in [6.07, 6.45) is 0. The third-order valence-electron chi connectivity index (χ3n) is 12.0. The van der Waals surface area contributed by atoms with Gasteiger partial charge in [0.25, 0.3) is 0 Å². The van der Waals surface area contributed by atoms with Crippen LogP contribution in [0.5, 0.6) is 0 Å². The lowest BCUT2D eigenvalue weighted by Gasteiger charge is -2.23. The van der Waals surface area contributed by atoms with Crippen LogP contribution in [0.3, 0.4) is 0 Å². The van der Waals surface area contributed by atoms with Crippen molar-refractivity contribution in [2.75, 3.05) is 0 Å². The number of rotatable bonds is 3. The first kappa shape index (κ1) is 30.2. The van der Waals surface area contributed by atoms with Gasteiger partial charge in [0, 0.05) is 5.41 Å². The smallest absolute Gasteiger partial charge is 0.0159 e. The molecule has 0 heterocycles. The van der Waals surface area contributed by atoms with Crippen LogP contribution in [0.25, 0.3) is 98.4 Å². The molecular formula is C53H36. The quantitative estimate of drug-likeness (QED) is 0.164. The van der Waals surface area contributed by atoms with Crippen LogP contribution < -0.4 is 0 Å². The number of hydrogen-bond acceptors (Lipinski definition) is 0. The third-order valence-corrected chi connectivity index (χ3v) is 12.0. The topological polar surface area (TPSA) is 0 Å². The zero-order valence-corrected chi connectivity index (χ0v) is 29.8. The predicted octanol–water partition coefficient (Wildman–Crippen LogP) is 14.8. The van der Waals surface area contributed by atoms with Crippen LogP contribution in [0.2, 0.25) is 0 Å². The van der Waals surface area contributed by atoms with E-state index < -0.39 is 0 Å². The third kappa shape index (κ3) is 4.49. The fraction of sp³-hybridized carbons (Fsp3) is 0.0566. The average Bonchev–Trinajstić information content (AvgIpc) is 3.44. The van der Waals surface area contributed by atoms with Crippen LogP contribution >= 0.6 is 0 Å². The highest BCUT2D eigenvalue weighted by atomic mass is 14.4. The van der Waals surface area contributed by atoms with E-state index in [1.165, 1.54) is 109 Å². The van der Waals surface area contributed by atoms with E-state index in [-0.39, 0.29) is 5.41 Å². The van der Waals surface area contributed by atoms with Crippen molar-refractivity contribution in [3.05, 3.63) is 193 Å². The van der Waals surface area contributed by atoms with Crippen molar-refractivity contribution in [3.8, 4) is 44.5 Å². The maximum atomic E-state index is 2.46. The van der Waals surface area contributed by atoms with Crippen LogP contribution in [-0.4, -0.2) is 0 Å². The van der Waals surface area contributed by atoms with Gasteiger partial charge in [0.15, 0.2) is 0 Å². The molecule has 10 aromatic rings. The maximum absolute atomic E-state index is 2.46. The molecule has 0 atom stereocenters. The monoisotopic (exact) mass is 672 g/mol. The van der Waals surface area contributed by atoms with Crippen molar-refractivity contribution < 1.29 is 0 Å². The summed E-state index contributed by atoms with van der Waals surface area (Å²) < 4.78 is 0. The summed E-state index contributed by atoms with van der Waals surface area (Å²) in [5, 5.41) is 12.9. The SMILES string of the molecule is CC1(C)c2cc(-c3ccc4ccccc4c3)ccc2-c2ccc(-c3ccc(-c4cc5ccc6ccccc6c5c5ccccc45)c4ccccc34)cc21. The lowest BCUT2D eigenvalue weighted by atomic mass is 9.80. The number of hydrogen-bond donors (Lipinski definition) is 0. The molecular weight excluding hydrogens is 637 g/mol. The fourth-order valence-corrected chi connectivity index (χ4v) is 9.34. The zero-order valence-electron chi connectivity index (χ0n) is 29.8. The summed E-state index contributed by atoms with van der Waals surface area (Å²) >= 11 is 0. The Kier molecular flexibility index (Phi) is 6.40. The van der Waals surface area contributed by atoms with Crippen molar-refractivity contribution in [3.63, 3.8) is 0 Å². The standard InChI is InChI=1S/C53H36/c1-53(2)50-31-37(36-21-19-33-11-3-4-13-35(33)29-36)23-25-46(50)47-26-24-38(32-51(47)53)40-27-28-45(43-16-8-7-15-42(40)43)49-30-39-22-20-34-12-5-6-14-41(34)52(39)48-18-10-9-17-44(48)49/h3-32H,1-2H3. The molecule has 0 bridgehead atoms. The summed E-state index contributed by atoms with van der Waals surface area (Å²) in [4.78, 5) is 0. The lowest BCUT2D eigenvalue weighted by Crippen LogP contribution is -2.15. The largest absolute Gasteiger partial charge is 0.0616 e. The van der Waals surface area contributed by atoms with Crippen LogP contribution in [0.4, 0.5) is 0 Å². The lowest BCUT2D eigenvalue weighted by molar-refractivity contribution is 0.661. The van der Waals surface area contributed by atoms with Crippen LogP contribution in [0.1, 0.15) is 25.0 Å². The molecule has 53 heavy (non-hydrogen) atoms. The van der Waals surface area contributed by atoms with Gasteiger partial charge >= 0.3 is 0 Å². The molecule has 0 aliphatic heterocycles. The van der Waals surface area contributed by atoms with E-state index in [0.29, 0.717) is 0 Å². The van der Waals surface area contributed by atoms with Gasteiger partial charge in [0.2, 0.25) is 0 Å². The second-order valence-corrected chi connectivity index (χ2v) is 15.3. The highest BCUT2D eigenvalue weighted by Crippen LogP contribution is 2.51. The molecule has 0 heteroatoms. The van der Waals surface area contributed by atoms with Crippen LogP contribution in [0.15, 0.2) is 182 Å². The first-order chi connectivity index (χ1) is 26.0. The van der Waals surface area contributed by atoms with E-state index >= 15 is 0 Å². The Morgan fingerprint density at radius 3 is 1.51 bits per heavy atom. The summed E-state index contributed by atoms with van der Waals surface area (Å²) in [5.74, 6) is 0. The van der Waals surface area contributed by atoms with E-state index in [1.807, 2.05) is 0 Å². The normalized spacial score (nSPS) is 13.2. The molecule has 0 fully saturated rings. The molecule has 1 aliphatic carbocycles. The first-order valence-electron chi connectivity index (χ1n) is 18.7. The second kappa shape index (κ2) is 11.2. The Balaban J connectivity index is 1.04. The zero-order chi connectivity index (χ0) is 35.3. The Labute approximate surface area is 309 Å². The van der Waals surface area contributed by atoms with E-state index in [4.69, 9.17) is 0 Å². The molecule has 0 unspecified atom stereocenters. The van der Waals surface area contributed by atoms with Gasteiger partial charge in [0.05, 0.1) is 0 Å². The molecule has 0 aromatic heterocycles. The fourth-order valence-electron chi connectivity index (χ4n) is 9.34. The maximum Gasteiger partial charge on any atom is 0.0159 e. The number of benzene rings is 10. The molecule has 248 valence electrons. The molecule has 0 N–H and O–H groups in total. The molecule has 0 amide bonds. The van der Waals surface area contributed by atoms with Gasteiger partial charge in [0.1, 0.15) is 0 Å². The van der Waals surface area contributed by atoms with E-state index in [0.717, 1.165) is 0 Å². The highest BCUT2D eigenvalue weighted by Gasteiger charge is 2.36. The Bertz CT molecular complexity index is 3140. The van der Waals surface area contributed by atoms with Crippen molar-refractivity contribution >= 4 is 53.9 Å². The molecule has 0 radical (unpaired) electrons. The minimum Gasteiger partial charge on any atom is -0.0616 e. The van der Waals surface area contributed by atoms with Gasteiger partial charge < -0.3 is 0 Å². The summed E-state index contributed by atoms with van der Waals surface area (Å²) in [7, 11) is 0. The summed E-state index contributed by atoms with van der Waals surface area (Å²) in [6.45, 7) is 4.78. The molecule has 10 aromatic carbocycles. The van der Waals surface area contributed by atoms with Crippen molar-refractivity contribution in [1.29, 1.82) is 0 Å². The van der Waals surface area contributed by atoms with E-state index in [1.54, 1.807) is 0 Å². The predicted molar refractivity (Wildman–Crippen MR) is 228 cm³/mol. The Hall–Kier alpha value is -6.50. The Morgan fingerprint density at radius 2 is 0.755 bits per heavy atom. The first-order valence-corrected chi connectivity index (χ1v) is 18.7. The molecule has 11 rings (SSSR count). The molecule has 0 nitrogen and oxygen atoms in total. The minimum atomic E-state index is -0.128. The van der Waals surface area contributed by atoms with Crippen molar-refractivity contribution in [2.24, 2.45) is 0 Å². The minimum absolute atomic E-state index is 0.128. The highest BCUT2D eigenvalue weighted by molar-refractivity contribution is 6.24. The number of fused-ring (bicyclic) bond motifs is 10. The van der Waals surface area contributed by atoms with Crippen molar-refractivity contribution in [2.45, 2.75) is 19.3 Å². The van der Waals surface area contributed by atoms with Crippen LogP contribution in [-0.2, 0) is 5.41 Å². The van der Waals surface area contributed by atoms with Crippen molar-refractivity contribution in [1.82, 2.24) is 0 Å². The van der Waals surface area contributed by atoms with Gasteiger partial charge in [-0.25, -0.2) is 0 Å². The van der Waals surface area contributed by atoms with Crippen LogP contribution in [0, 0.1) is 0 Å². The molecule has 1 aliphatic rings. The van der Waals surface area contributed by atoms with Gasteiger partial charge in [-0.15, -0.1) is 0 Å². The Morgan fingerprint density at radius 1 is 0.283 bits per heavy atom. The van der Waals surface area contributed by atoms with Gasteiger partial charge in [-0.2, -0.15) is 0 Å². The summed E-state index contributed by atoms with van der Waals surface area (Å²) in [6, 6.07) is 68.0. The van der Waals surface area contributed by atoms with Gasteiger partial charge in [-0.05, 0) is 134 Å². The van der Waals surface area contributed by atoms with Gasteiger partial charge in [-0.3, -0.25) is 0 Å². The van der Waals surface area contributed by atoms with E-state index in [9.17, 15) is 0 Å². The second-order valence-electron chi connectivity index (χ2n) is 15.3. The van der Waals surface area contributed by atoms with E-state index in [2.05, 4.69) is 196 Å². The molecule has 0 spiro atoms.